The standard InChI is InChI=1S/C20H23NO4S/c22-20(21-14-16-6-2-1-3-7-16)18-8-4-5-9-19(18)25-15-17-10-12-26(23,24)13-11-17/h1-9,17H,10-15H2,(H,21,22). The first-order chi connectivity index (χ1) is 12.5. The van der Waals surface area contributed by atoms with E-state index in [9.17, 15) is 13.2 Å². The van der Waals surface area contributed by atoms with Crippen LogP contribution in [0.5, 0.6) is 5.75 Å². The predicted molar refractivity (Wildman–Crippen MR) is 101 cm³/mol. The maximum Gasteiger partial charge on any atom is 0.255 e. The molecule has 0 saturated carbocycles. The van der Waals surface area contributed by atoms with Gasteiger partial charge in [-0.3, -0.25) is 4.79 Å². The van der Waals surface area contributed by atoms with Crippen LogP contribution in [0.3, 0.4) is 0 Å². The van der Waals surface area contributed by atoms with Gasteiger partial charge in [0.15, 0.2) is 0 Å². The minimum Gasteiger partial charge on any atom is -0.492 e. The van der Waals surface area contributed by atoms with Crippen molar-refractivity contribution in [1.82, 2.24) is 5.32 Å². The smallest absolute Gasteiger partial charge is 0.255 e. The van der Waals surface area contributed by atoms with E-state index in [2.05, 4.69) is 5.32 Å². The molecular weight excluding hydrogens is 350 g/mol. The molecule has 26 heavy (non-hydrogen) atoms. The highest BCUT2D eigenvalue weighted by Crippen LogP contribution is 2.23. The molecule has 6 heteroatoms. The van der Waals surface area contributed by atoms with Crippen LogP contribution in [0.25, 0.3) is 0 Å². The molecule has 0 unspecified atom stereocenters. The molecule has 1 saturated heterocycles. The summed E-state index contributed by atoms with van der Waals surface area (Å²) in [6, 6.07) is 16.9. The molecule has 3 rings (SSSR count). The van der Waals surface area contributed by atoms with Gasteiger partial charge in [0, 0.05) is 6.54 Å². The molecule has 1 aliphatic heterocycles. The van der Waals surface area contributed by atoms with Crippen molar-refractivity contribution in [3.05, 3.63) is 65.7 Å². The number of para-hydroxylation sites is 1. The summed E-state index contributed by atoms with van der Waals surface area (Å²) >= 11 is 0. The Morgan fingerprint density at radius 2 is 1.65 bits per heavy atom. The van der Waals surface area contributed by atoms with Crippen LogP contribution >= 0.6 is 0 Å². The van der Waals surface area contributed by atoms with Crippen molar-refractivity contribution in [2.45, 2.75) is 19.4 Å². The lowest BCUT2D eigenvalue weighted by molar-refractivity contribution is 0.0945. The molecule has 0 atom stereocenters. The van der Waals surface area contributed by atoms with Gasteiger partial charge in [-0.25, -0.2) is 8.42 Å². The monoisotopic (exact) mass is 373 g/mol. The second-order valence-electron chi connectivity index (χ2n) is 6.57. The molecule has 0 radical (unpaired) electrons. The van der Waals surface area contributed by atoms with E-state index in [1.165, 1.54) is 0 Å². The number of rotatable bonds is 6. The molecule has 0 aliphatic carbocycles. The SMILES string of the molecule is O=C(NCc1ccccc1)c1ccccc1OCC1CCS(=O)(=O)CC1. The van der Waals surface area contributed by atoms with Gasteiger partial charge in [0.1, 0.15) is 15.6 Å². The number of carbonyl (C=O) groups is 1. The number of amides is 1. The molecule has 5 nitrogen and oxygen atoms in total. The van der Waals surface area contributed by atoms with Crippen LogP contribution in [-0.2, 0) is 16.4 Å². The molecule has 2 aromatic carbocycles. The average molecular weight is 373 g/mol. The first kappa shape index (κ1) is 18.5. The normalized spacial score (nSPS) is 16.8. The lowest BCUT2D eigenvalue weighted by Crippen LogP contribution is -2.27. The fourth-order valence-corrected chi connectivity index (χ4v) is 4.56. The van der Waals surface area contributed by atoms with Gasteiger partial charge in [-0.05, 0) is 36.5 Å². The number of hydrogen-bond donors (Lipinski definition) is 1. The van der Waals surface area contributed by atoms with Gasteiger partial charge >= 0.3 is 0 Å². The summed E-state index contributed by atoms with van der Waals surface area (Å²) in [5.74, 6) is 1.00. The summed E-state index contributed by atoms with van der Waals surface area (Å²) in [6.07, 6.45) is 1.23. The maximum absolute atomic E-state index is 12.5. The van der Waals surface area contributed by atoms with Gasteiger partial charge in [0.05, 0.1) is 23.7 Å². The van der Waals surface area contributed by atoms with E-state index in [0.717, 1.165) is 5.56 Å². The van der Waals surface area contributed by atoms with Crippen LogP contribution in [0.2, 0.25) is 0 Å². The van der Waals surface area contributed by atoms with Crippen LogP contribution < -0.4 is 10.1 Å². The van der Waals surface area contributed by atoms with Crippen molar-refractivity contribution in [3.8, 4) is 5.75 Å². The van der Waals surface area contributed by atoms with E-state index in [0.29, 0.717) is 37.3 Å². The van der Waals surface area contributed by atoms with Crippen molar-refractivity contribution in [2.75, 3.05) is 18.1 Å². The molecule has 1 heterocycles. The highest BCUT2D eigenvalue weighted by molar-refractivity contribution is 7.91. The molecule has 0 aromatic heterocycles. The van der Waals surface area contributed by atoms with E-state index < -0.39 is 9.84 Å². The summed E-state index contributed by atoms with van der Waals surface area (Å²) in [4.78, 5) is 12.5. The second kappa shape index (κ2) is 8.36. The van der Waals surface area contributed by atoms with E-state index in [1.807, 2.05) is 36.4 Å². The van der Waals surface area contributed by atoms with Gasteiger partial charge in [0.2, 0.25) is 0 Å². The Labute approximate surface area is 154 Å². The Morgan fingerprint density at radius 1 is 1.00 bits per heavy atom. The van der Waals surface area contributed by atoms with Gasteiger partial charge in [-0.15, -0.1) is 0 Å². The maximum atomic E-state index is 12.5. The molecule has 2 aromatic rings. The van der Waals surface area contributed by atoms with E-state index >= 15 is 0 Å². The van der Waals surface area contributed by atoms with Crippen molar-refractivity contribution in [1.29, 1.82) is 0 Å². The number of carbonyl (C=O) groups excluding carboxylic acids is 1. The zero-order chi connectivity index (χ0) is 18.4. The summed E-state index contributed by atoms with van der Waals surface area (Å²) in [5, 5.41) is 2.91. The fraction of sp³-hybridized carbons (Fsp3) is 0.350. The summed E-state index contributed by atoms with van der Waals surface area (Å²) in [6.45, 7) is 0.882. The van der Waals surface area contributed by atoms with E-state index in [4.69, 9.17) is 4.74 Å². The van der Waals surface area contributed by atoms with Crippen LogP contribution in [0.1, 0.15) is 28.8 Å². The van der Waals surface area contributed by atoms with Crippen LogP contribution in [0.15, 0.2) is 54.6 Å². The second-order valence-corrected chi connectivity index (χ2v) is 8.87. The lowest BCUT2D eigenvalue weighted by atomic mass is 10.0. The summed E-state index contributed by atoms with van der Waals surface area (Å²) < 4.78 is 28.9. The predicted octanol–water partition coefficient (Wildman–Crippen LogP) is 2.82. The van der Waals surface area contributed by atoms with Gasteiger partial charge in [-0.2, -0.15) is 0 Å². The first-order valence-electron chi connectivity index (χ1n) is 8.78. The van der Waals surface area contributed by atoms with Crippen molar-refractivity contribution < 1.29 is 17.9 Å². The van der Waals surface area contributed by atoms with E-state index in [1.54, 1.807) is 18.2 Å². The van der Waals surface area contributed by atoms with Crippen LogP contribution in [0, 0.1) is 5.92 Å². The summed E-state index contributed by atoms with van der Waals surface area (Å²) in [5.41, 5.74) is 1.52. The molecule has 0 bridgehead atoms. The Balaban J connectivity index is 1.58. The third-order valence-electron chi connectivity index (χ3n) is 4.58. The highest BCUT2D eigenvalue weighted by atomic mass is 32.2. The van der Waals surface area contributed by atoms with Gasteiger partial charge in [-0.1, -0.05) is 42.5 Å². The zero-order valence-corrected chi connectivity index (χ0v) is 15.4. The Kier molecular flexibility index (Phi) is 5.93. The fourth-order valence-electron chi connectivity index (χ4n) is 2.97. The van der Waals surface area contributed by atoms with Gasteiger partial charge in [0.25, 0.3) is 5.91 Å². The number of nitrogens with one attached hydrogen (secondary N) is 1. The quantitative estimate of drug-likeness (QED) is 0.845. The number of sulfone groups is 1. The molecule has 138 valence electrons. The molecule has 1 fully saturated rings. The Morgan fingerprint density at radius 3 is 2.38 bits per heavy atom. The summed E-state index contributed by atoms with van der Waals surface area (Å²) in [7, 11) is -2.87. The zero-order valence-electron chi connectivity index (χ0n) is 14.6. The number of benzene rings is 2. The van der Waals surface area contributed by atoms with Crippen LogP contribution in [0.4, 0.5) is 0 Å². The van der Waals surface area contributed by atoms with Crippen molar-refractivity contribution >= 4 is 15.7 Å². The van der Waals surface area contributed by atoms with Gasteiger partial charge < -0.3 is 10.1 Å². The average Bonchev–Trinajstić information content (AvgIpc) is 2.66. The van der Waals surface area contributed by atoms with E-state index in [-0.39, 0.29) is 23.3 Å². The highest BCUT2D eigenvalue weighted by Gasteiger charge is 2.24. The first-order valence-corrected chi connectivity index (χ1v) is 10.6. The lowest BCUT2D eigenvalue weighted by Gasteiger charge is -2.22. The largest absolute Gasteiger partial charge is 0.492 e. The van der Waals surface area contributed by atoms with Crippen molar-refractivity contribution in [3.63, 3.8) is 0 Å². The van der Waals surface area contributed by atoms with Crippen molar-refractivity contribution in [2.24, 2.45) is 5.92 Å². The molecule has 1 amide bonds. The van der Waals surface area contributed by atoms with Crippen LogP contribution in [-0.4, -0.2) is 32.4 Å². The minimum absolute atomic E-state index is 0.185. The third-order valence-corrected chi connectivity index (χ3v) is 6.29. The molecule has 1 N–H and O–H groups in total. The number of ether oxygens (including phenoxy) is 1. The third kappa shape index (κ3) is 5.08. The molecule has 0 spiro atoms. The Bertz CT molecular complexity index is 835. The molecular formula is C20H23NO4S. The molecule has 1 aliphatic rings. The number of hydrogen-bond acceptors (Lipinski definition) is 4. The Hall–Kier alpha value is -2.34. The minimum atomic E-state index is -2.87. The topological polar surface area (TPSA) is 72.5 Å².